The van der Waals surface area contributed by atoms with Gasteiger partial charge in [0.2, 0.25) is 5.91 Å². The summed E-state index contributed by atoms with van der Waals surface area (Å²) in [5, 5.41) is 9.68. The zero-order valence-corrected chi connectivity index (χ0v) is 12.9. The molecule has 0 aromatic carbocycles. The van der Waals surface area contributed by atoms with Gasteiger partial charge in [-0.15, -0.1) is 0 Å². The van der Waals surface area contributed by atoms with Gasteiger partial charge in [0.1, 0.15) is 6.54 Å². The minimum absolute atomic E-state index is 0.108. The molecule has 0 aliphatic carbocycles. The Balaban J connectivity index is 1.85. The standard InChI is InChI=1S/C13H13ClF3N5O/c1-7-11(14)12(13(15,16)17)20-22(7)6-10(23)21-4-2-3-8-9(21)5-18-19-8/h5H,2-4,6H2,1H3,(H,18,19). The summed E-state index contributed by atoms with van der Waals surface area (Å²) >= 11 is 5.69. The van der Waals surface area contributed by atoms with Crippen LogP contribution in [-0.2, 0) is 23.9 Å². The average Bonchev–Trinajstić information content (AvgIpc) is 3.06. The van der Waals surface area contributed by atoms with Crippen LogP contribution in [0.1, 0.15) is 23.5 Å². The number of aromatic nitrogens is 4. The van der Waals surface area contributed by atoms with E-state index in [0.717, 1.165) is 23.2 Å². The van der Waals surface area contributed by atoms with Crippen molar-refractivity contribution < 1.29 is 18.0 Å². The second-order valence-corrected chi connectivity index (χ2v) is 5.66. The van der Waals surface area contributed by atoms with Gasteiger partial charge in [0, 0.05) is 6.54 Å². The molecule has 1 aliphatic rings. The number of carbonyl (C=O) groups is 1. The van der Waals surface area contributed by atoms with Crippen molar-refractivity contribution in [1.82, 2.24) is 20.0 Å². The van der Waals surface area contributed by atoms with Crippen LogP contribution in [0, 0.1) is 6.92 Å². The van der Waals surface area contributed by atoms with Crippen LogP contribution in [0.3, 0.4) is 0 Å². The molecule has 3 rings (SSSR count). The molecule has 0 atom stereocenters. The van der Waals surface area contributed by atoms with Gasteiger partial charge in [-0.05, 0) is 19.8 Å². The lowest BCUT2D eigenvalue weighted by atomic mass is 10.1. The van der Waals surface area contributed by atoms with E-state index in [2.05, 4.69) is 15.3 Å². The predicted octanol–water partition coefficient (Wildman–Crippen LogP) is 2.57. The number of aryl methyl sites for hydroxylation is 1. The molecule has 1 aliphatic heterocycles. The topological polar surface area (TPSA) is 66.8 Å². The Bertz CT molecular complexity index is 751. The number of halogens is 4. The molecule has 124 valence electrons. The Morgan fingerprint density at radius 1 is 1.48 bits per heavy atom. The second kappa shape index (κ2) is 5.55. The fourth-order valence-electron chi connectivity index (χ4n) is 2.59. The number of nitrogens with one attached hydrogen (secondary N) is 1. The molecule has 3 heterocycles. The number of rotatable bonds is 2. The van der Waals surface area contributed by atoms with Crippen molar-refractivity contribution in [2.45, 2.75) is 32.5 Å². The average molecular weight is 348 g/mol. The number of aromatic amines is 1. The van der Waals surface area contributed by atoms with E-state index < -0.39 is 16.9 Å². The summed E-state index contributed by atoms with van der Waals surface area (Å²) in [6.07, 6.45) is -1.58. The molecule has 0 saturated carbocycles. The molecule has 0 spiro atoms. The van der Waals surface area contributed by atoms with Crippen LogP contribution in [0.25, 0.3) is 0 Å². The summed E-state index contributed by atoms with van der Waals surface area (Å²) in [5.74, 6) is -0.358. The lowest BCUT2D eigenvalue weighted by Crippen LogP contribution is -2.37. The summed E-state index contributed by atoms with van der Waals surface area (Å²) in [4.78, 5) is 14.0. The van der Waals surface area contributed by atoms with E-state index in [1.807, 2.05) is 0 Å². The van der Waals surface area contributed by atoms with Crippen LogP contribution in [-0.4, -0.2) is 32.4 Å². The van der Waals surface area contributed by atoms with Gasteiger partial charge in [-0.25, -0.2) is 0 Å². The van der Waals surface area contributed by atoms with E-state index in [-0.39, 0.29) is 18.1 Å². The number of carbonyl (C=O) groups excluding carboxylic acids is 1. The van der Waals surface area contributed by atoms with E-state index >= 15 is 0 Å². The third kappa shape index (κ3) is 2.80. The summed E-state index contributed by atoms with van der Waals surface area (Å²) in [7, 11) is 0. The highest BCUT2D eigenvalue weighted by atomic mass is 35.5. The number of fused-ring (bicyclic) bond motifs is 1. The van der Waals surface area contributed by atoms with Crippen molar-refractivity contribution >= 4 is 23.2 Å². The number of nitrogens with zero attached hydrogens (tertiary/aromatic N) is 4. The zero-order valence-electron chi connectivity index (χ0n) is 12.1. The Morgan fingerprint density at radius 2 is 2.22 bits per heavy atom. The third-order valence-electron chi connectivity index (χ3n) is 3.78. The van der Waals surface area contributed by atoms with Crippen molar-refractivity contribution in [3.63, 3.8) is 0 Å². The smallest absolute Gasteiger partial charge is 0.308 e. The number of alkyl halides is 3. The van der Waals surface area contributed by atoms with Crippen LogP contribution >= 0.6 is 11.6 Å². The quantitative estimate of drug-likeness (QED) is 0.908. The molecule has 23 heavy (non-hydrogen) atoms. The lowest BCUT2D eigenvalue weighted by molar-refractivity contribution is -0.141. The summed E-state index contributed by atoms with van der Waals surface area (Å²) in [6, 6.07) is 0. The first-order valence-corrected chi connectivity index (χ1v) is 7.29. The molecule has 6 nitrogen and oxygen atoms in total. The first kappa shape index (κ1) is 15.9. The Labute approximate surface area is 134 Å². The van der Waals surface area contributed by atoms with Crippen LogP contribution < -0.4 is 4.90 Å². The van der Waals surface area contributed by atoms with Gasteiger partial charge in [0.15, 0.2) is 5.69 Å². The Hall–Kier alpha value is -2.03. The molecule has 0 unspecified atom stereocenters. The first-order chi connectivity index (χ1) is 10.8. The van der Waals surface area contributed by atoms with Gasteiger partial charge >= 0.3 is 6.18 Å². The number of hydrogen-bond acceptors (Lipinski definition) is 3. The van der Waals surface area contributed by atoms with E-state index in [0.29, 0.717) is 12.2 Å². The van der Waals surface area contributed by atoms with Crippen molar-refractivity contribution in [2.24, 2.45) is 0 Å². The lowest BCUT2D eigenvalue weighted by Gasteiger charge is -2.26. The monoisotopic (exact) mass is 347 g/mol. The highest BCUT2D eigenvalue weighted by molar-refractivity contribution is 6.32. The van der Waals surface area contributed by atoms with Gasteiger partial charge in [-0.2, -0.15) is 23.4 Å². The van der Waals surface area contributed by atoms with E-state index in [1.54, 1.807) is 0 Å². The second-order valence-electron chi connectivity index (χ2n) is 5.29. The number of amides is 1. The van der Waals surface area contributed by atoms with E-state index in [4.69, 9.17) is 11.6 Å². The molecule has 0 saturated heterocycles. The van der Waals surface area contributed by atoms with Crippen molar-refractivity contribution in [1.29, 1.82) is 0 Å². The van der Waals surface area contributed by atoms with Gasteiger partial charge in [0.25, 0.3) is 0 Å². The molecule has 1 amide bonds. The molecular formula is C13H13ClF3N5O. The van der Waals surface area contributed by atoms with Crippen LogP contribution in [0.5, 0.6) is 0 Å². The summed E-state index contributed by atoms with van der Waals surface area (Å²) < 4.78 is 39.5. The molecule has 2 aromatic heterocycles. The molecule has 0 bridgehead atoms. The zero-order chi connectivity index (χ0) is 16.8. The molecule has 0 radical (unpaired) electrons. The maximum atomic E-state index is 12.8. The predicted molar refractivity (Wildman–Crippen MR) is 76.2 cm³/mol. The summed E-state index contributed by atoms with van der Waals surface area (Å²) in [5.41, 5.74) is 0.438. The highest BCUT2D eigenvalue weighted by Gasteiger charge is 2.38. The fourth-order valence-corrected chi connectivity index (χ4v) is 2.83. The third-order valence-corrected chi connectivity index (χ3v) is 4.24. The van der Waals surface area contributed by atoms with E-state index in [9.17, 15) is 18.0 Å². The molecule has 1 N–H and O–H groups in total. The van der Waals surface area contributed by atoms with E-state index in [1.165, 1.54) is 18.0 Å². The maximum absolute atomic E-state index is 12.8. The fraction of sp³-hybridized carbons (Fsp3) is 0.462. The summed E-state index contributed by atoms with van der Waals surface area (Å²) in [6.45, 7) is 1.58. The first-order valence-electron chi connectivity index (χ1n) is 6.91. The minimum atomic E-state index is -4.65. The number of anilines is 1. The molecule has 2 aromatic rings. The van der Waals surface area contributed by atoms with Crippen LogP contribution in [0.15, 0.2) is 6.20 Å². The Morgan fingerprint density at radius 3 is 2.87 bits per heavy atom. The Kier molecular flexibility index (Phi) is 3.83. The maximum Gasteiger partial charge on any atom is 0.436 e. The molecular weight excluding hydrogens is 335 g/mol. The van der Waals surface area contributed by atoms with Crippen LogP contribution in [0.2, 0.25) is 5.02 Å². The number of H-pyrrole nitrogens is 1. The molecule has 10 heteroatoms. The van der Waals surface area contributed by atoms with Crippen molar-refractivity contribution in [2.75, 3.05) is 11.4 Å². The van der Waals surface area contributed by atoms with Crippen molar-refractivity contribution in [3.05, 3.63) is 28.3 Å². The van der Waals surface area contributed by atoms with Crippen molar-refractivity contribution in [3.8, 4) is 0 Å². The minimum Gasteiger partial charge on any atom is -0.308 e. The van der Waals surface area contributed by atoms with Gasteiger partial charge in [0.05, 0.1) is 28.3 Å². The van der Waals surface area contributed by atoms with Gasteiger partial charge < -0.3 is 4.90 Å². The largest absolute Gasteiger partial charge is 0.436 e. The van der Waals surface area contributed by atoms with Gasteiger partial charge in [-0.3, -0.25) is 14.6 Å². The highest BCUT2D eigenvalue weighted by Crippen LogP contribution is 2.35. The normalized spacial score (nSPS) is 14.9. The van der Waals surface area contributed by atoms with Crippen LogP contribution in [0.4, 0.5) is 18.9 Å². The molecule has 0 fully saturated rings. The van der Waals surface area contributed by atoms with Gasteiger partial charge in [-0.1, -0.05) is 11.6 Å². The SMILES string of the molecule is Cc1c(Cl)c(C(F)(F)F)nn1CC(=O)N1CCCc2[nH]ncc21. The number of hydrogen-bond donors (Lipinski definition) is 1.